The van der Waals surface area contributed by atoms with Crippen molar-refractivity contribution in [2.75, 3.05) is 6.61 Å². The average Bonchev–Trinajstić information content (AvgIpc) is 2.16. The monoisotopic (exact) mass is 223 g/mol. The van der Waals surface area contributed by atoms with E-state index >= 15 is 0 Å². The van der Waals surface area contributed by atoms with Crippen LogP contribution in [-0.4, -0.2) is 23.4 Å². The highest BCUT2D eigenvalue weighted by Gasteiger charge is 2.56. The summed E-state index contributed by atoms with van der Waals surface area (Å²) in [5.74, 6) is 0.405. The first-order valence-electron chi connectivity index (χ1n) is 6.28. The zero-order valence-corrected chi connectivity index (χ0v) is 10.2. The Morgan fingerprint density at radius 2 is 2.06 bits per heavy atom. The van der Waals surface area contributed by atoms with Crippen LogP contribution >= 0.6 is 0 Å². The summed E-state index contributed by atoms with van der Waals surface area (Å²) in [5, 5.41) is 20.1. The lowest BCUT2D eigenvalue weighted by atomic mass is 9.56. The maximum absolute atomic E-state index is 10.8. The molecule has 90 valence electrons. The first kappa shape index (κ1) is 11.9. The molecule has 1 aliphatic heterocycles. The maximum atomic E-state index is 10.8. The summed E-state index contributed by atoms with van der Waals surface area (Å²) in [6, 6.07) is 2.38. The minimum atomic E-state index is -0.812. The van der Waals surface area contributed by atoms with Gasteiger partial charge < -0.3 is 9.84 Å². The average molecular weight is 223 g/mol. The summed E-state index contributed by atoms with van der Waals surface area (Å²) in [6.07, 6.45) is 4.12. The number of hydrogen-bond acceptors (Lipinski definition) is 3. The van der Waals surface area contributed by atoms with E-state index in [0.717, 1.165) is 19.3 Å². The van der Waals surface area contributed by atoms with E-state index in [2.05, 4.69) is 19.9 Å². The van der Waals surface area contributed by atoms with Gasteiger partial charge in [0.15, 0.2) is 0 Å². The highest BCUT2D eigenvalue weighted by atomic mass is 16.5. The summed E-state index contributed by atoms with van der Waals surface area (Å²) >= 11 is 0. The third-order valence-corrected chi connectivity index (χ3v) is 4.44. The zero-order chi connectivity index (χ0) is 11.8. The summed E-state index contributed by atoms with van der Waals surface area (Å²) in [5.41, 5.74) is -1.29. The molecule has 16 heavy (non-hydrogen) atoms. The molecule has 3 nitrogen and oxygen atoms in total. The first-order chi connectivity index (χ1) is 7.53. The van der Waals surface area contributed by atoms with Crippen LogP contribution < -0.4 is 0 Å². The Bertz CT molecular complexity index is 304. The van der Waals surface area contributed by atoms with Crippen LogP contribution in [0, 0.1) is 22.7 Å². The predicted molar refractivity (Wildman–Crippen MR) is 60.7 cm³/mol. The third-order valence-electron chi connectivity index (χ3n) is 4.44. The second-order valence-corrected chi connectivity index (χ2v) is 5.69. The number of hydrogen-bond donors (Lipinski definition) is 1. The van der Waals surface area contributed by atoms with Crippen molar-refractivity contribution in [1.29, 1.82) is 5.26 Å². The van der Waals surface area contributed by atoms with E-state index in [1.807, 2.05) is 0 Å². The van der Waals surface area contributed by atoms with Gasteiger partial charge in [0.1, 0.15) is 0 Å². The number of aliphatic hydroxyl groups is 1. The SMILES string of the molecule is CC(C)C1CC(O)(C2(C#N)CCC2)CCO1. The van der Waals surface area contributed by atoms with E-state index in [-0.39, 0.29) is 6.10 Å². The molecule has 1 N–H and O–H groups in total. The van der Waals surface area contributed by atoms with E-state index in [0.29, 0.717) is 25.4 Å². The third kappa shape index (κ3) is 1.65. The van der Waals surface area contributed by atoms with Crippen molar-refractivity contribution >= 4 is 0 Å². The molecule has 0 aromatic rings. The van der Waals surface area contributed by atoms with Gasteiger partial charge in [-0.15, -0.1) is 0 Å². The smallest absolute Gasteiger partial charge is 0.0879 e. The van der Waals surface area contributed by atoms with Crippen molar-refractivity contribution in [3.63, 3.8) is 0 Å². The van der Waals surface area contributed by atoms with Crippen LogP contribution in [0.3, 0.4) is 0 Å². The lowest BCUT2D eigenvalue weighted by Gasteiger charge is -2.52. The highest BCUT2D eigenvalue weighted by molar-refractivity contribution is 5.16. The minimum absolute atomic E-state index is 0.101. The molecule has 0 bridgehead atoms. The van der Waals surface area contributed by atoms with Crippen LogP contribution in [0.4, 0.5) is 0 Å². The van der Waals surface area contributed by atoms with Gasteiger partial charge in [-0.25, -0.2) is 0 Å². The molecule has 2 aliphatic rings. The Morgan fingerprint density at radius 1 is 1.38 bits per heavy atom. The summed E-state index contributed by atoms with van der Waals surface area (Å²) in [4.78, 5) is 0. The fraction of sp³-hybridized carbons (Fsp3) is 0.923. The van der Waals surface area contributed by atoms with E-state index in [4.69, 9.17) is 4.74 Å². The van der Waals surface area contributed by atoms with Crippen molar-refractivity contribution in [1.82, 2.24) is 0 Å². The zero-order valence-electron chi connectivity index (χ0n) is 10.2. The first-order valence-corrected chi connectivity index (χ1v) is 6.28. The second kappa shape index (κ2) is 4.01. The van der Waals surface area contributed by atoms with Crippen molar-refractivity contribution in [3.05, 3.63) is 0 Å². The molecular formula is C13H21NO2. The molecule has 1 saturated heterocycles. The van der Waals surface area contributed by atoms with Gasteiger partial charge in [0.2, 0.25) is 0 Å². The fourth-order valence-electron chi connectivity index (χ4n) is 2.95. The Morgan fingerprint density at radius 3 is 2.50 bits per heavy atom. The molecule has 1 saturated carbocycles. The Kier molecular flexibility index (Phi) is 2.98. The van der Waals surface area contributed by atoms with Gasteiger partial charge >= 0.3 is 0 Å². The van der Waals surface area contributed by atoms with Crippen LogP contribution in [0.15, 0.2) is 0 Å². The van der Waals surface area contributed by atoms with E-state index in [1.165, 1.54) is 0 Å². The lowest BCUT2D eigenvalue weighted by Crippen LogP contribution is -2.57. The van der Waals surface area contributed by atoms with Crippen LogP contribution in [0.2, 0.25) is 0 Å². The van der Waals surface area contributed by atoms with Gasteiger partial charge in [-0.2, -0.15) is 5.26 Å². The standard InChI is InChI=1S/C13H21NO2/c1-10(2)11-8-13(15,6-7-16-11)12(9-14)4-3-5-12/h10-11,15H,3-8H2,1-2H3. The van der Waals surface area contributed by atoms with Gasteiger partial charge in [-0.05, 0) is 18.8 Å². The van der Waals surface area contributed by atoms with Crippen LogP contribution in [0.1, 0.15) is 46.0 Å². The van der Waals surface area contributed by atoms with Gasteiger partial charge in [-0.1, -0.05) is 20.3 Å². The van der Waals surface area contributed by atoms with Gasteiger partial charge in [0.25, 0.3) is 0 Å². The maximum Gasteiger partial charge on any atom is 0.0879 e. The summed E-state index contributed by atoms with van der Waals surface area (Å²) < 4.78 is 5.67. The molecule has 2 unspecified atom stereocenters. The number of nitrogens with zero attached hydrogens (tertiary/aromatic N) is 1. The molecule has 0 aromatic carbocycles. The largest absolute Gasteiger partial charge is 0.388 e. The molecule has 2 rings (SSSR count). The number of ether oxygens (including phenoxy) is 1. The van der Waals surface area contributed by atoms with E-state index in [1.54, 1.807) is 0 Å². The number of rotatable bonds is 2. The van der Waals surface area contributed by atoms with Crippen LogP contribution in [-0.2, 0) is 4.74 Å². The molecule has 2 atom stereocenters. The fourth-order valence-corrected chi connectivity index (χ4v) is 2.95. The van der Waals surface area contributed by atoms with Crippen molar-refractivity contribution in [2.45, 2.75) is 57.7 Å². The van der Waals surface area contributed by atoms with Gasteiger partial charge in [0.05, 0.1) is 23.2 Å². The lowest BCUT2D eigenvalue weighted by molar-refractivity contribution is -0.179. The molecule has 2 fully saturated rings. The molecule has 3 heteroatoms. The molecular weight excluding hydrogens is 202 g/mol. The normalized spacial score (nSPS) is 37.8. The number of nitriles is 1. The van der Waals surface area contributed by atoms with Crippen LogP contribution in [0.5, 0.6) is 0 Å². The molecule has 0 amide bonds. The second-order valence-electron chi connectivity index (χ2n) is 5.69. The Labute approximate surface area is 97.4 Å². The molecule has 1 heterocycles. The van der Waals surface area contributed by atoms with Gasteiger partial charge in [-0.3, -0.25) is 0 Å². The molecule has 1 aliphatic carbocycles. The molecule has 0 radical (unpaired) electrons. The molecule has 0 spiro atoms. The van der Waals surface area contributed by atoms with E-state index in [9.17, 15) is 10.4 Å². The Balaban J connectivity index is 2.15. The predicted octanol–water partition coefficient (Wildman–Crippen LogP) is 2.25. The molecule has 0 aromatic heterocycles. The quantitative estimate of drug-likeness (QED) is 0.781. The minimum Gasteiger partial charge on any atom is -0.388 e. The van der Waals surface area contributed by atoms with Crippen molar-refractivity contribution in [2.24, 2.45) is 11.3 Å². The van der Waals surface area contributed by atoms with Gasteiger partial charge in [0, 0.05) is 19.4 Å². The topological polar surface area (TPSA) is 53.2 Å². The van der Waals surface area contributed by atoms with E-state index < -0.39 is 11.0 Å². The Hall–Kier alpha value is -0.590. The van der Waals surface area contributed by atoms with Crippen molar-refractivity contribution < 1.29 is 9.84 Å². The highest BCUT2D eigenvalue weighted by Crippen LogP contribution is 2.53. The van der Waals surface area contributed by atoms with Crippen molar-refractivity contribution in [3.8, 4) is 6.07 Å². The summed E-state index contributed by atoms with van der Waals surface area (Å²) in [6.45, 7) is 4.80. The summed E-state index contributed by atoms with van der Waals surface area (Å²) in [7, 11) is 0. The van der Waals surface area contributed by atoms with Crippen LogP contribution in [0.25, 0.3) is 0 Å².